The Bertz CT molecular complexity index is 308. The highest BCUT2D eigenvalue weighted by Crippen LogP contribution is 2.47. The van der Waals surface area contributed by atoms with E-state index in [4.69, 9.17) is 4.74 Å². The largest absolute Gasteiger partial charge is 0.458 e. The van der Waals surface area contributed by atoms with E-state index >= 15 is 0 Å². The number of carbonyl (C=O) groups excluding carboxylic acids is 1. The van der Waals surface area contributed by atoms with Crippen molar-refractivity contribution in [3.63, 3.8) is 0 Å². The number of rotatable bonds is 0. The maximum atomic E-state index is 11.4. The molecule has 0 amide bonds. The summed E-state index contributed by atoms with van der Waals surface area (Å²) in [5, 5.41) is 0. The fourth-order valence-corrected chi connectivity index (χ4v) is 3.73. The second kappa shape index (κ2) is 3.36. The molecule has 1 aliphatic heterocycles. The van der Waals surface area contributed by atoms with E-state index in [0.29, 0.717) is 5.92 Å². The first-order valence-electron chi connectivity index (χ1n) is 6.15. The highest BCUT2D eigenvalue weighted by molar-refractivity contribution is 5.90. The number of carbonyl (C=O) groups is 1. The molecule has 2 nitrogen and oxygen atoms in total. The minimum Gasteiger partial charge on any atom is -0.458 e. The molecule has 3 rings (SSSR count). The lowest BCUT2D eigenvalue weighted by Gasteiger charge is -2.17. The molecule has 2 saturated carbocycles. The van der Waals surface area contributed by atoms with Crippen LogP contribution in [-0.4, -0.2) is 12.1 Å². The Labute approximate surface area is 90.7 Å². The summed E-state index contributed by atoms with van der Waals surface area (Å²) in [4.78, 5) is 11.4. The van der Waals surface area contributed by atoms with Gasteiger partial charge in [0.05, 0.1) is 0 Å². The Morgan fingerprint density at radius 1 is 1.13 bits per heavy atom. The molecule has 0 bridgehead atoms. The molecule has 2 heteroatoms. The van der Waals surface area contributed by atoms with Crippen LogP contribution in [0.5, 0.6) is 0 Å². The van der Waals surface area contributed by atoms with Gasteiger partial charge in [-0.1, -0.05) is 25.8 Å². The third-order valence-electron chi connectivity index (χ3n) is 4.61. The van der Waals surface area contributed by atoms with Gasteiger partial charge in [0.25, 0.3) is 0 Å². The Morgan fingerprint density at radius 2 is 1.93 bits per heavy atom. The molecule has 0 aromatic rings. The van der Waals surface area contributed by atoms with Gasteiger partial charge in [-0.25, -0.2) is 4.79 Å². The molecule has 15 heavy (non-hydrogen) atoms. The van der Waals surface area contributed by atoms with E-state index in [2.05, 4.69) is 6.58 Å². The van der Waals surface area contributed by atoms with E-state index in [1.165, 1.54) is 25.7 Å². The normalized spacial score (nSPS) is 44.5. The van der Waals surface area contributed by atoms with Crippen molar-refractivity contribution >= 4 is 5.97 Å². The molecule has 82 valence electrons. The summed E-state index contributed by atoms with van der Waals surface area (Å²) in [7, 11) is 0. The van der Waals surface area contributed by atoms with Crippen molar-refractivity contribution in [3.8, 4) is 0 Å². The van der Waals surface area contributed by atoms with Gasteiger partial charge in [0.2, 0.25) is 0 Å². The molecule has 1 heterocycles. The highest BCUT2D eigenvalue weighted by Gasteiger charge is 2.44. The van der Waals surface area contributed by atoms with Crippen molar-refractivity contribution in [1.82, 2.24) is 0 Å². The Morgan fingerprint density at radius 3 is 2.80 bits per heavy atom. The van der Waals surface area contributed by atoms with Gasteiger partial charge in [0, 0.05) is 11.5 Å². The van der Waals surface area contributed by atoms with E-state index in [-0.39, 0.29) is 12.1 Å². The Balaban J connectivity index is 1.82. The Kier molecular flexibility index (Phi) is 2.11. The topological polar surface area (TPSA) is 26.3 Å². The number of esters is 1. The predicted octanol–water partition coefficient (Wildman–Crippen LogP) is 2.68. The van der Waals surface area contributed by atoms with Crippen molar-refractivity contribution in [2.24, 2.45) is 17.8 Å². The van der Waals surface area contributed by atoms with Crippen LogP contribution >= 0.6 is 0 Å². The van der Waals surface area contributed by atoms with E-state index in [9.17, 15) is 4.79 Å². The van der Waals surface area contributed by atoms with Gasteiger partial charge < -0.3 is 4.74 Å². The summed E-state index contributed by atoms with van der Waals surface area (Å²) >= 11 is 0. The third-order valence-corrected chi connectivity index (χ3v) is 4.61. The minimum atomic E-state index is -0.138. The van der Waals surface area contributed by atoms with Gasteiger partial charge in [-0.3, -0.25) is 0 Å². The number of hydrogen-bond donors (Lipinski definition) is 0. The molecule has 0 N–H and O–H groups in total. The van der Waals surface area contributed by atoms with Crippen LogP contribution in [-0.2, 0) is 9.53 Å². The predicted molar refractivity (Wildman–Crippen MR) is 57.2 cm³/mol. The van der Waals surface area contributed by atoms with Crippen LogP contribution in [0.25, 0.3) is 0 Å². The zero-order valence-corrected chi connectivity index (χ0v) is 9.08. The van der Waals surface area contributed by atoms with Crippen LogP contribution in [0.3, 0.4) is 0 Å². The average Bonchev–Trinajstić information content (AvgIpc) is 2.71. The van der Waals surface area contributed by atoms with Crippen LogP contribution in [0.1, 0.15) is 38.5 Å². The smallest absolute Gasteiger partial charge is 0.334 e. The zero-order valence-electron chi connectivity index (χ0n) is 9.08. The summed E-state index contributed by atoms with van der Waals surface area (Å²) in [6.07, 6.45) is 7.77. The van der Waals surface area contributed by atoms with Crippen LogP contribution in [0, 0.1) is 17.8 Å². The maximum Gasteiger partial charge on any atom is 0.334 e. The third kappa shape index (κ3) is 1.42. The standard InChI is InChI=1S/C13H18O2/c1-8-11-7-10-4-2-3-9(10)5-6-12(11)15-13(8)14/h9-12H,1-7H2/t9-,10-,11-,12+/m0/s1. The monoisotopic (exact) mass is 206 g/mol. The van der Waals surface area contributed by atoms with Gasteiger partial charge in [-0.15, -0.1) is 0 Å². The molecule has 3 fully saturated rings. The van der Waals surface area contributed by atoms with E-state index < -0.39 is 0 Å². The molecular weight excluding hydrogens is 188 g/mol. The summed E-state index contributed by atoms with van der Waals surface area (Å²) in [6, 6.07) is 0. The SMILES string of the molecule is C=C1C(=O)O[C@@H]2CC[C@@H]3CCC[C@H]3C[C@@H]12. The van der Waals surface area contributed by atoms with Gasteiger partial charge in [-0.05, 0) is 31.1 Å². The summed E-state index contributed by atoms with van der Waals surface area (Å²) in [5.74, 6) is 1.94. The van der Waals surface area contributed by atoms with Gasteiger partial charge in [0.1, 0.15) is 6.10 Å². The highest BCUT2D eigenvalue weighted by atomic mass is 16.6. The van der Waals surface area contributed by atoms with E-state index in [1.807, 2.05) is 0 Å². The summed E-state index contributed by atoms with van der Waals surface area (Å²) in [5.41, 5.74) is 0.743. The van der Waals surface area contributed by atoms with Crippen molar-refractivity contribution in [3.05, 3.63) is 12.2 Å². The molecule has 2 aliphatic carbocycles. The number of fused-ring (bicyclic) bond motifs is 2. The molecule has 4 atom stereocenters. The molecule has 3 aliphatic rings. The fourth-order valence-electron chi connectivity index (χ4n) is 3.73. The minimum absolute atomic E-state index is 0.138. The molecule has 0 radical (unpaired) electrons. The van der Waals surface area contributed by atoms with Crippen LogP contribution in [0.2, 0.25) is 0 Å². The molecule has 0 unspecified atom stereocenters. The second-order valence-corrected chi connectivity index (χ2v) is 5.34. The lowest BCUT2D eigenvalue weighted by molar-refractivity contribution is -0.139. The van der Waals surface area contributed by atoms with E-state index in [1.54, 1.807) is 0 Å². The van der Waals surface area contributed by atoms with Gasteiger partial charge >= 0.3 is 5.97 Å². The van der Waals surface area contributed by atoms with Crippen LogP contribution in [0.15, 0.2) is 12.2 Å². The second-order valence-electron chi connectivity index (χ2n) is 5.34. The van der Waals surface area contributed by atoms with Crippen molar-refractivity contribution in [2.75, 3.05) is 0 Å². The molecule has 0 spiro atoms. The van der Waals surface area contributed by atoms with E-state index in [0.717, 1.165) is 30.3 Å². The lowest BCUT2D eigenvalue weighted by Crippen LogP contribution is -2.16. The first-order chi connectivity index (χ1) is 7.25. The van der Waals surface area contributed by atoms with Gasteiger partial charge in [-0.2, -0.15) is 0 Å². The fraction of sp³-hybridized carbons (Fsp3) is 0.769. The quantitative estimate of drug-likeness (QED) is 0.450. The van der Waals surface area contributed by atoms with Crippen LogP contribution in [0.4, 0.5) is 0 Å². The van der Waals surface area contributed by atoms with Crippen LogP contribution < -0.4 is 0 Å². The lowest BCUT2D eigenvalue weighted by atomic mass is 9.86. The van der Waals surface area contributed by atoms with Crippen molar-refractivity contribution in [1.29, 1.82) is 0 Å². The molecule has 0 aromatic heterocycles. The van der Waals surface area contributed by atoms with Gasteiger partial charge in [0.15, 0.2) is 0 Å². The summed E-state index contributed by atoms with van der Waals surface area (Å²) < 4.78 is 5.38. The average molecular weight is 206 g/mol. The number of ether oxygens (including phenoxy) is 1. The zero-order chi connectivity index (χ0) is 10.4. The summed E-state index contributed by atoms with van der Waals surface area (Å²) in [6.45, 7) is 3.90. The molecular formula is C13H18O2. The maximum absolute atomic E-state index is 11.4. The number of hydrogen-bond acceptors (Lipinski definition) is 2. The molecule has 0 aromatic carbocycles. The first kappa shape index (κ1) is 9.44. The van der Waals surface area contributed by atoms with Crippen molar-refractivity contribution in [2.45, 2.75) is 44.6 Å². The Hall–Kier alpha value is -0.790. The first-order valence-corrected chi connectivity index (χ1v) is 6.15. The molecule has 1 saturated heterocycles. The van der Waals surface area contributed by atoms with Crippen molar-refractivity contribution < 1.29 is 9.53 Å².